The molecule has 66 valence electrons. The van der Waals surface area contributed by atoms with Crippen molar-refractivity contribution in [2.45, 2.75) is 6.42 Å². The Labute approximate surface area is 76.2 Å². The smallest absolute Gasteiger partial charge is 0.265 e. The van der Waals surface area contributed by atoms with Gasteiger partial charge >= 0.3 is 0 Å². The Bertz CT molecular complexity index is 383. The molecule has 0 atom stereocenters. The molecule has 0 saturated carbocycles. The number of nitrogens with one attached hydrogen (secondary N) is 1. The summed E-state index contributed by atoms with van der Waals surface area (Å²) in [5.41, 5.74) is 5.08. The van der Waals surface area contributed by atoms with Crippen molar-refractivity contribution in [1.82, 2.24) is 5.43 Å². The lowest BCUT2D eigenvalue weighted by molar-refractivity contribution is 0.0953. The predicted molar refractivity (Wildman–Crippen MR) is 50.8 cm³/mol. The van der Waals surface area contributed by atoms with E-state index in [1.165, 1.54) is 5.56 Å². The summed E-state index contributed by atoms with van der Waals surface area (Å²) in [6.07, 6.45) is 5.05. The average molecular weight is 174 g/mol. The Morgan fingerprint density at radius 1 is 1.46 bits per heavy atom. The minimum atomic E-state index is -0.247. The van der Waals surface area contributed by atoms with Crippen LogP contribution in [0.15, 0.2) is 24.3 Å². The van der Waals surface area contributed by atoms with E-state index in [1.807, 2.05) is 18.2 Å². The van der Waals surface area contributed by atoms with Crippen molar-refractivity contribution in [1.29, 1.82) is 0 Å². The molecule has 0 heterocycles. The van der Waals surface area contributed by atoms with E-state index in [0.717, 1.165) is 12.0 Å². The molecular formula is C10H10N2O. The number of hydrogen-bond donors (Lipinski definition) is 2. The number of amides is 1. The first-order valence-corrected chi connectivity index (χ1v) is 4.11. The molecule has 0 unspecified atom stereocenters. The number of hydrogen-bond acceptors (Lipinski definition) is 2. The molecule has 1 aliphatic rings. The van der Waals surface area contributed by atoms with Crippen LogP contribution in [-0.4, -0.2) is 5.91 Å². The Morgan fingerprint density at radius 2 is 2.31 bits per heavy atom. The van der Waals surface area contributed by atoms with E-state index in [2.05, 4.69) is 11.5 Å². The van der Waals surface area contributed by atoms with E-state index in [9.17, 15) is 4.79 Å². The molecule has 1 aromatic carbocycles. The van der Waals surface area contributed by atoms with Crippen molar-refractivity contribution < 1.29 is 4.79 Å². The number of nitrogen functional groups attached to an aromatic ring is 1. The number of hydrazine groups is 1. The zero-order chi connectivity index (χ0) is 9.26. The van der Waals surface area contributed by atoms with E-state index >= 15 is 0 Å². The van der Waals surface area contributed by atoms with Crippen LogP contribution in [0.1, 0.15) is 21.5 Å². The lowest BCUT2D eigenvalue weighted by Crippen LogP contribution is -2.29. The number of benzene rings is 1. The fourth-order valence-electron chi connectivity index (χ4n) is 1.47. The van der Waals surface area contributed by atoms with Crippen LogP contribution in [0.2, 0.25) is 0 Å². The Kier molecular flexibility index (Phi) is 1.87. The molecule has 0 aromatic heterocycles. The highest BCUT2D eigenvalue weighted by Gasteiger charge is 2.08. The molecule has 1 amide bonds. The minimum Gasteiger partial charge on any atom is -0.290 e. The molecule has 0 bridgehead atoms. The first-order chi connectivity index (χ1) is 6.31. The van der Waals surface area contributed by atoms with Gasteiger partial charge in [0.1, 0.15) is 0 Å². The van der Waals surface area contributed by atoms with Gasteiger partial charge in [0.2, 0.25) is 0 Å². The highest BCUT2D eigenvalue weighted by atomic mass is 16.2. The van der Waals surface area contributed by atoms with Crippen LogP contribution in [0.4, 0.5) is 0 Å². The number of rotatable bonds is 1. The van der Waals surface area contributed by atoms with Gasteiger partial charge in [-0.15, -0.1) is 0 Å². The van der Waals surface area contributed by atoms with Crippen molar-refractivity contribution in [3.05, 3.63) is 41.0 Å². The summed E-state index contributed by atoms with van der Waals surface area (Å²) in [5, 5.41) is 0. The van der Waals surface area contributed by atoms with Crippen LogP contribution in [-0.2, 0) is 6.42 Å². The molecule has 3 nitrogen and oxygen atoms in total. The number of carbonyl (C=O) groups is 1. The molecular weight excluding hydrogens is 164 g/mol. The van der Waals surface area contributed by atoms with Crippen LogP contribution < -0.4 is 11.3 Å². The maximum Gasteiger partial charge on any atom is 0.265 e. The van der Waals surface area contributed by atoms with E-state index in [4.69, 9.17) is 5.84 Å². The molecule has 0 radical (unpaired) electrons. The van der Waals surface area contributed by atoms with E-state index in [0.29, 0.717) is 5.56 Å². The molecule has 2 rings (SSSR count). The van der Waals surface area contributed by atoms with Gasteiger partial charge in [0, 0.05) is 5.56 Å². The molecule has 0 saturated heterocycles. The third kappa shape index (κ3) is 1.34. The van der Waals surface area contributed by atoms with Gasteiger partial charge in [-0.05, 0) is 29.7 Å². The fraction of sp³-hybridized carbons (Fsp3) is 0.100. The molecule has 1 aliphatic carbocycles. The molecule has 0 fully saturated rings. The quantitative estimate of drug-likeness (QED) is 0.377. The van der Waals surface area contributed by atoms with Crippen molar-refractivity contribution in [3.63, 3.8) is 0 Å². The summed E-state index contributed by atoms with van der Waals surface area (Å²) >= 11 is 0. The summed E-state index contributed by atoms with van der Waals surface area (Å²) in [7, 11) is 0. The predicted octanol–water partition coefficient (Wildman–Crippen LogP) is 0.859. The third-order valence-corrected chi connectivity index (χ3v) is 2.17. The molecule has 1 aromatic rings. The average Bonchev–Trinajstić information content (AvgIpc) is 2.63. The van der Waals surface area contributed by atoms with Crippen LogP contribution in [0, 0.1) is 0 Å². The van der Waals surface area contributed by atoms with Gasteiger partial charge in [0.15, 0.2) is 0 Å². The fourth-order valence-corrected chi connectivity index (χ4v) is 1.47. The van der Waals surface area contributed by atoms with Gasteiger partial charge in [-0.1, -0.05) is 18.2 Å². The zero-order valence-corrected chi connectivity index (χ0v) is 7.08. The molecule has 0 aliphatic heterocycles. The standard InChI is InChI=1S/C10H10N2O/c11-12-10(13)9-5-4-7-2-1-3-8(7)6-9/h1,3-6H,2,11H2,(H,12,13). The van der Waals surface area contributed by atoms with Crippen LogP contribution in [0.5, 0.6) is 0 Å². The first-order valence-electron chi connectivity index (χ1n) is 4.11. The van der Waals surface area contributed by atoms with Gasteiger partial charge in [0.25, 0.3) is 5.91 Å². The second-order valence-corrected chi connectivity index (χ2v) is 2.99. The van der Waals surface area contributed by atoms with Crippen molar-refractivity contribution in [2.75, 3.05) is 0 Å². The number of carbonyl (C=O) groups excluding carboxylic acids is 1. The number of allylic oxidation sites excluding steroid dienone is 1. The van der Waals surface area contributed by atoms with Gasteiger partial charge < -0.3 is 0 Å². The summed E-state index contributed by atoms with van der Waals surface area (Å²) in [6, 6.07) is 5.59. The SMILES string of the molecule is NNC(=O)c1ccc2c(c1)C=CC2. The van der Waals surface area contributed by atoms with Crippen LogP contribution >= 0.6 is 0 Å². The van der Waals surface area contributed by atoms with E-state index in [1.54, 1.807) is 6.07 Å². The highest BCUT2D eigenvalue weighted by Crippen LogP contribution is 2.20. The Hall–Kier alpha value is -1.61. The largest absolute Gasteiger partial charge is 0.290 e. The zero-order valence-electron chi connectivity index (χ0n) is 7.08. The summed E-state index contributed by atoms with van der Waals surface area (Å²) in [5.74, 6) is 4.78. The van der Waals surface area contributed by atoms with Crippen molar-refractivity contribution in [3.8, 4) is 0 Å². The second-order valence-electron chi connectivity index (χ2n) is 2.99. The van der Waals surface area contributed by atoms with Gasteiger partial charge in [-0.25, -0.2) is 5.84 Å². The highest BCUT2D eigenvalue weighted by molar-refractivity contribution is 5.94. The first kappa shape index (κ1) is 8.01. The van der Waals surface area contributed by atoms with Crippen molar-refractivity contribution in [2.24, 2.45) is 5.84 Å². The van der Waals surface area contributed by atoms with Gasteiger partial charge in [-0.3, -0.25) is 10.2 Å². The number of nitrogens with two attached hydrogens (primary N) is 1. The maximum absolute atomic E-state index is 11.2. The third-order valence-electron chi connectivity index (χ3n) is 2.17. The topological polar surface area (TPSA) is 55.1 Å². The lowest BCUT2D eigenvalue weighted by Gasteiger charge is -2.02. The molecule has 3 N–H and O–H groups in total. The van der Waals surface area contributed by atoms with E-state index < -0.39 is 0 Å². The van der Waals surface area contributed by atoms with Crippen molar-refractivity contribution >= 4 is 12.0 Å². The summed E-state index contributed by atoms with van der Waals surface area (Å²) < 4.78 is 0. The normalized spacial score (nSPS) is 12.7. The van der Waals surface area contributed by atoms with Gasteiger partial charge in [-0.2, -0.15) is 0 Å². The van der Waals surface area contributed by atoms with E-state index in [-0.39, 0.29) is 5.91 Å². The van der Waals surface area contributed by atoms with Gasteiger partial charge in [0.05, 0.1) is 0 Å². The minimum absolute atomic E-state index is 0.247. The molecule has 3 heteroatoms. The molecule has 13 heavy (non-hydrogen) atoms. The van der Waals surface area contributed by atoms with Crippen LogP contribution in [0.3, 0.4) is 0 Å². The summed E-state index contributed by atoms with van der Waals surface area (Å²) in [4.78, 5) is 11.2. The number of fused-ring (bicyclic) bond motifs is 1. The maximum atomic E-state index is 11.2. The lowest BCUT2D eigenvalue weighted by atomic mass is 10.1. The summed E-state index contributed by atoms with van der Waals surface area (Å²) in [6.45, 7) is 0. The Balaban J connectivity index is 2.40. The monoisotopic (exact) mass is 174 g/mol. The second kappa shape index (κ2) is 3.03. The molecule has 0 spiro atoms. The van der Waals surface area contributed by atoms with Crippen LogP contribution in [0.25, 0.3) is 6.08 Å². The Morgan fingerprint density at radius 3 is 3.08 bits per heavy atom.